The van der Waals surface area contributed by atoms with E-state index in [9.17, 15) is 14.0 Å². The molecule has 0 bridgehead atoms. The summed E-state index contributed by atoms with van der Waals surface area (Å²) in [6.07, 6.45) is 2.02. The summed E-state index contributed by atoms with van der Waals surface area (Å²) in [5.41, 5.74) is 5.15. The van der Waals surface area contributed by atoms with E-state index < -0.39 is 5.97 Å². The van der Waals surface area contributed by atoms with Crippen LogP contribution in [-0.4, -0.2) is 40.0 Å². The number of aryl methyl sites for hydroxylation is 1. The number of carboxylic acids is 1. The Morgan fingerprint density at radius 3 is 2.42 bits per heavy atom. The Morgan fingerprint density at radius 1 is 0.944 bits per heavy atom. The number of carbonyl (C=O) groups excluding carboxylic acids is 1. The minimum absolute atomic E-state index is 0.00898. The van der Waals surface area contributed by atoms with Crippen molar-refractivity contribution in [3.63, 3.8) is 0 Å². The first-order valence-corrected chi connectivity index (χ1v) is 12.2. The number of carbonyl (C=O) groups is 2. The van der Waals surface area contributed by atoms with Gasteiger partial charge in [-0.1, -0.05) is 30.3 Å². The lowest BCUT2D eigenvalue weighted by Gasteiger charge is -2.39. The standard InChI is InChI=1S/C30H27FN2O3/c31-26-13-10-21(11-14-26)29-22(8-4-5-9-28(34)35)16-24-17-23(12-15-27(24)32-29)30(36)33-18-25(19-33)20-6-2-1-3-7-20/h1-3,6-7,10-17,25H,4-5,8-9,18-19H2,(H,34,35). The fraction of sp³-hybridized carbons (Fsp3) is 0.233. The Morgan fingerprint density at radius 2 is 1.69 bits per heavy atom. The number of nitrogens with zero attached hydrogens (tertiary/aromatic N) is 2. The predicted molar refractivity (Wildman–Crippen MR) is 137 cm³/mol. The zero-order valence-electron chi connectivity index (χ0n) is 19.9. The second-order valence-corrected chi connectivity index (χ2v) is 9.33. The number of pyridine rings is 1. The molecule has 36 heavy (non-hydrogen) atoms. The van der Waals surface area contributed by atoms with Gasteiger partial charge in [-0.25, -0.2) is 9.37 Å². The van der Waals surface area contributed by atoms with Gasteiger partial charge in [0.25, 0.3) is 5.91 Å². The molecule has 5 nitrogen and oxygen atoms in total. The van der Waals surface area contributed by atoms with Gasteiger partial charge in [0.2, 0.25) is 0 Å². The molecule has 0 saturated carbocycles. The first-order valence-electron chi connectivity index (χ1n) is 12.2. The average Bonchev–Trinajstić information content (AvgIpc) is 2.86. The third kappa shape index (κ3) is 5.13. The Balaban J connectivity index is 1.39. The minimum atomic E-state index is -0.811. The number of benzene rings is 3. The molecule has 1 amide bonds. The van der Waals surface area contributed by atoms with Gasteiger partial charge in [-0.2, -0.15) is 0 Å². The molecule has 0 aliphatic carbocycles. The van der Waals surface area contributed by atoms with E-state index in [2.05, 4.69) is 12.1 Å². The van der Waals surface area contributed by atoms with Crippen LogP contribution in [0.5, 0.6) is 0 Å². The summed E-state index contributed by atoms with van der Waals surface area (Å²) in [6, 6.07) is 24.1. The number of amides is 1. The van der Waals surface area contributed by atoms with E-state index in [4.69, 9.17) is 10.1 Å². The van der Waals surface area contributed by atoms with E-state index in [1.54, 1.807) is 12.1 Å². The average molecular weight is 483 g/mol. The van der Waals surface area contributed by atoms with Crippen molar-refractivity contribution in [2.45, 2.75) is 31.6 Å². The van der Waals surface area contributed by atoms with Crippen molar-refractivity contribution in [2.75, 3.05) is 13.1 Å². The van der Waals surface area contributed by atoms with Gasteiger partial charge in [0.1, 0.15) is 5.82 Å². The third-order valence-corrected chi connectivity index (χ3v) is 6.78. The normalized spacial score (nSPS) is 13.5. The highest BCUT2D eigenvalue weighted by Crippen LogP contribution is 2.31. The van der Waals surface area contributed by atoms with E-state index in [1.807, 2.05) is 47.4 Å². The summed E-state index contributed by atoms with van der Waals surface area (Å²) in [6.45, 7) is 1.41. The Kier molecular flexibility index (Phi) is 6.76. The molecule has 1 aliphatic heterocycles. The molecule has 1 saturated heterocycles. The maximum Gasteiger partial charge on any atom is 0.303 e. The summed E-state index contributed by atoms with van der Waals surface area (Å²) in [5, 5.41) is 9.82. The van der Waals surface area contributed by atoms with Crippen LogP contribution in [0.15, 0.2) is 78.9 Å². The topological polar surface area (TPSA) is 70.5 Å². The fourth-order valence-corrected chi connectivity index (χ4v) is 4.76. The van der Waals surface area contributed by atoms with Crippen LogP contribution >= 0.6 is 0 Å². The quantitative estimate of drug-likeness (QED) is 0.309. The Labute approximate surface area is 209 Å². The van der Waals surface area contributed by atoms with E-state index in [0.717, 1.165) is 27.7 Å². The molecule has 4 aromatic rings. The highest BCUT2D eigenvalue weighted by Gasteiger charge is 2.32. The third-order valence-electron chi connectivity index (χ3n) is 6.78. The van der Waals surface area contributed by atoms with Gasteiger partial charge in [-0.15, -0.1) is 0 Å². The van der Waals surface area contributed by atoms with Crippen LogP contribution in [0.2, 0.25) is 0 Å². The molecule has 6 heteroatoms. The number of aromatic nitrogens is 1. The zero-order valence-corrected chi connectivity index (χ0v) is 19.9. The molecule has 1 fully saturated rings. The fourth-order valence-electron chi connectivity index (χ4n) is 4.76. The molecule has 2 heterocycles. The molecule has 0 radical (unpaired) electrons. The van der Waals surface area contributed by atoms with Crippen LogP contribution in [0, 0.1) is 5.82 Å². The van der Waals surface area contributed by atoms with Crippen LogP contribution in [0.1, 0.15) is 46.7 Å². The van der Waals surface area contributed by atoms with Gasteiger partial charge in [0.05, 0.1) is 11.2 Å². The van der Waals surface area contributed by atoms with Gasteiger partial charge in [0, 0.05) is 41.9 Å². The molecular weight excluding hydrogens is 455 g/mol. The second kappa shape index (κ2) is 10.3. The highest BCUT2D eigenvalue weighted by molar-refractivity contribution is 5.99. The number of hydrogen-bond donors (Lipinski definition) is 1. The van der Waals surface area contributed by atoms with Crippen LogP contribution < -0.4 is 0 Å². The lowest BCUT2D eigenvalue weighted by Crippen LogP contribution is -2.48. The monoisotopic (exact) mass is 482 g/mol. The van der Waals surface area contributed by atoms with Crippen molar-refractivity contribution in [2.24, 2.45) is 0 Å². The Bertz CT molecular complexity index is 1400. The molecular formula is C30H27FN2O3. The summed E-state index contributed by atoms with van der Waals surface area (Å²) < 4.78 is 13.5. The number of carboxylic acid groups (broad SMARTS) is 1. The lowest BCUT2D eigenvalue weighted by molar-refractivity contribution is -0.137. The number of fused-ring (bicyclic) bond motifs is 1. The first kappa shape index (κ1) is 23.7. The predicted octanol–water partition coefficient (Wildman–Crippen LogP) is 6.08. The van der Waals surface area contributed by atoms with Crippen molar-refractivity contribution in [1.29, 1.82) is 0 Å². The van der Waals surface area contributed by atoms with E-state index in [1.165, 1.54) is 17.7 Å². The summed E-state index contributed by atoms with van der Waals surface area (Å²) in [5.74, 6) is -0.747. The number of aliphatic carboxylic acids is 1. The maximum atomic E-state index is 13.5. The minimum Gasteiger partial charge on any atom is -0.481 e. The van der Waals surface area contributed by atoms with Crippen LogP contribution in [0.4, 0.5) is 4.39 Å². The van der Waals surface area contributed by atoms with E-state index in [-0.39, 0.29) is 18.1 Å². The molecule has 0 atom stereocenters. The maximum absolute atomic E-state index is 13.5. The second-order valence-electron chi connectivity index (χ2n) is 9.33. The lowest BCUT2D eigenvalue weighted by atomic mass is 9.91. The van der Waals surface area contributed by atoms with Gasteiger partial charge < -0.3 is 10.0 Å². The highest BCUT2D eigenvalue weighted by atomic mass is 19.1. The summed E-state index contributed by atoms with van der Waals surface area (Å²) >= 11 is 0. The molecule has 1 N–H and O–H groups in total. The molecule has 0 spiro atoms. The molecule has 5 rings (SSSR count). The number of halogens is 1. The Hall–Kier alpha value is -4.06. The smallest absolute Gasteiger partial charge is 0.303 e. The van der Waals surface area contributed by atoms with Gasteiger partial charge in [0.15, 0.2) is 0 Å². The molecule has 3 aromatic carbocycles. The molecule has 1 aromatic heterocycles. The number of likely N-dealkylation sites (tertiary alicyclic amines) is 1. The molecule has 1 aliphatic rings. The van der Waals surface area contributed by atoms with Crippen molar-refractivity contribution in [3.05, 3.63) is 101 Å². The van der Waals surface area contributed by atoms with Crippen LogP contribution in [0.3, 0.4) is 0 Å². The van der Waals surface area contributed by atoms with Gasteiger partial charge >= 0.3 is 5.97 Å². The van der Waals surface area contributed by atoms with Crippen LogP contribution in [0.25, 0.3) is 22.2 Å². The summed E-state index contributed by atoms with van der Waals surface area (Å²) in [4.78, 5) is 30.8. The van der Waals surface area contributed by atoms with Crippen molar-refractivity contribution >= 4 is 22.8 Å². The van der Waals surface area contributed by atoms with Crippen molar-refractivity contribution in [3.8, 4) is 11.3 Å². The SMILES string of the molecule is O=C(O)CCCCc1cc2cc(C(=O)N3CC(c4ccccc4)C3)ccc2nc1-c1ccc(F)cc1. The van der Waals surface area contributed by atoms with Crippen molar-refractivity contribution < 1.29 is 19.1 Å². The zero-order chi connectivity index (χ0) is 25.1. The van der Waals surface area contributed by atoms with Crippen molar-refractivity contribution in [1.82, 2.24) is 9.88 Å². The first-order chi connectivity index (χ1) is 17.5. The van der Waals surface area contributed by atoms with Crippen LogP contribution in [-0.2, 0) is 11.2 Å². The number of unbranched alkanes of at least 4 members (excludes halogenated alkanes) is 1. The molecule has 0 unspecified atom stereocenters. The largest absolute Gasteiger partial charge is 0.481 e. The van der Waals surface area contributed by atoms with E-state index >= 15 is 0 Å². The molecule has 182 valence electrons. The van der Waals surface area contributed by atoms with Gasteiger partial charge in [-0.3, -0.25) is 9.59 Å². The summed E-state index contributed by atoms with van der Waals surface area (Å²) in [7, 11) is 0. The van der Waals surface area contributed by atoms with Gasteiger partial charge in [-0.05, 0) is 78.9 Å². The van der Waals surface area contributed by atoms with E-state index in [0.29, 0.717) is 43.8 Å². The number of rotatable bonds is 8. The number of hydrogen-bond acceptors (Lipinski definition) is 3.